The molecule has 1 aliphatic heterocycles. The SMILES string of the molecule is CNC1c2cc(Br)cc(OC)c2N=C(c2cccnc2)N1C. The van der Waals surface area contributed by atoms with Crippen molar-refractivity contribution in [2.24, 2.45) is 4.99 Å². The molecule has 5 nitrogen and oxygen atoms in total. The Balaban J connectivity index is 2.22. The van der Waals surface area contributed by atoms with Crippen LogP contribution in [0.5, 0.6) is 5.75 Å². The van der Waals surface area contributed by atoms with Gasteiger partial charge in [0.15, 0.2) is 0 Å². The molecule has 1 aliphatic rings. The lowest BCUT2D eigenvalue weighted by Crippen LogP contribution is -2.40. The van der Waals surface area contributed by atoms with Crippen LogP contribution in [-0.4, -0.2) is 36.9 Å². The molecule has 0 bridgehead atoms. The number of benzene rings is 1. The number of fused-ring (bicyclic) bond motifs is 1. The molecule has 0 saturated carbocycles. The van der Waals surface area contributed by atoms with E-state index in [2.05, 4.69) is 37.2 Å². The number of hydrogen-bond donors (Lipinski definition) is 1. The van der Waals surface area contributed by atoms with Crippen LogP contribution >= 0.6 is 15.9 Å². The summed E-state index contributed by atoms with van der Waals surface area (Å²) in [5.74, 6) is 1.61. The van der Waals surface area contributed by atoms with Crippen LogP contribution in [0.1, 0.15) is 17.3 Å². The number of pyridine rings is 1. The number of ether oxygens (including phenoxy) is 1. The highest BCUT2D eigenvalue weighted by molar-refractivity contribution is 9.10. The molecule has 0 spiro atoms. The van der Waals surface area contributed by atoms with Crippen molar-refractivity contribution in [3.63, 3.8) is 0 Å². The van der Waals surface area contributed by atoms with E-state index < -0.39 is 0 Å². The fourth-order valence-electron chi connectivity index (χ4n) is 2.71. The summed E-state index contributed by atoms with van der Waals surface area (Å²) in [7, 11) is 5.61. The number of nitrogens with zero attached hydrogens (tertiary/aromatic N) is 3. The number of aliphatic imine (C=N–C) groups is 1. The van der Waals surface area contributed by atoms with Crippen LogP contribution in [0.3, 0.4) is 0 Å². The van der Waals surface area contributed by atoms with Crippen LogP contribution in [0.4, 0.5) is 5.69 Å². The fraction of sp³-hybridized carbons (Fsp3) is 0.250. The van der Waals surface area contributed by atoms with Crippen molar-refractivity contribution in [3.05, 3.63) is 52.3 Å². The number of halogens is 1. The summed E-state index contributed by atoms with van der Waals surface area (Å²) in [6.07, 6.45) is 3.58. The van der Waals surface area contributed by atoms with Crippen molar-refractivity contribution in [1.29, 1.82) is 0 Å². The molecule has 0 amide bonds. The lowest BCUT2D eigenvalue weighted by molar-refractivity contribution is 0.324. The fourth-order valence-corrected chi connectivity index (χ4v) is 3.16. The monoisotopic (exact) mass is 360 g/mol. The summed E-state index contributed by atoms with van der Waals surface area (Å²) in [6.45, 7) is 0. The van der Waals surface area contributed by atoms with E-state index in [0.29, 0.717) is 0 Å². The summed E-state index contributed by atoms with van der Waals surface area (Å²) < 4.78 is 6.48. The Morgan fingerprint density at radius 2 is 2.18 bits per heavy atom. The standard InChI is InChI=1S/C16H17BrN4O/c1-18-16-12-7-11(17)8-13(22-3)14(12)20-15(21(16)2)10-5-4-6-19-9-10/h4-9,16,18H,1-3H3. The van der Waals surface area contributed by atoms with Gasteiger partial charge in [-0.3, -0.25) is 10.3 Å². The molecular weight excluding hydrogens is 344 g/mol. The van der Waals surface area contributed by atoms with E-state index in [1.807, 2.05) is 38.5 Å². The number of rotatable bonds is 3. The normalized spacial score (nSPS) is 17.0. The highest BCUT2D eigenvalue weighted by Gasteiger charge is 2.29. The van der Waals surface area contributed by atoms with Crippen molar-refractivity contribution in [3.8, 4) is 5.75 Å². The number of aromatic nitrogens is 1. The first-order valence-electron chi connectivity index (χ1n) is 6.92. The third-order valence-corrected chi connectivity index (χ3v) is 4.17. The summed E-state index contributed by atoms with van der Waals surface area (Å²) in [6, 6.07) is 7.92. The maximum atomic E-state index is 5.51. The van der Waals surface area contributed by atoms with Crippen molar-refractivity contribution in [1.82, 2.24) is 15.2 Å². The Labute approximate surface area is 138 Å². The van der Waals surface area contributed by atoms with Crippen molar-refractivity contribution >= 4 is 27.5 Å². The molecule has 6 heteroatoms. The molecule has 2 aromatic rings. The van der Waals surface area contributed by atoms with Gasteiger partial charge in [-0.1, -0.05) is 15.9 Å². The van der Waals surface area contributed by atoms with Gasteiger partial charge >= 0.3 is 0 Å². The average molecular weight is 361 g/mol. The van der Waals surface area contributed by atoms with Crippen LogP contribution in [0.2, 0.25) is 0 Å². The van der Waals surface area contributed by atoms with Crippen molar-refractivity contribution in [2.45, 2.75) is 6.17 Å². The van der Waals surface area contributed by atoms with E-state index in [1.165, 1.54) is 0 Å². The summed E-state index contributed by atoms with van der Waals surface area (Å²) in [5.41, 5.74) is 2.90. The smallest absolute Gasteiger partial charge is 0.146 e. The zero-order chi connectivity index (χ0) is 15.7. The molecule has 22 heavy (non-hydrogen) atoms. The number of hydrogen-bond acceptors (Lipinski definition) is 5. The first kappa shape index (κ1) is 15.0. The van der Waals surface area contributed by atoms with E-state index in [9.17, 15) is 0 Å². The van der Waals surface area contributed by atoms with Crippen LogP contribution in [0, 0.1) is 0 Å². The molecule has 0 aliphatic carbocycles. The van der Waals surface area contributed by atoms with E-state index in [0.717, 1.165) is 32.9 Å². The van der Waals surface area contributed by atoms with Gasteiger partial charge in [-0.15, -0.1) is 0 Å². The van der Waals surface area contributed by atoms with E-state index in [-0.39, 0.29) is 6.17 Å². The first-order chi connectivity index (χ1) is 10.7. The highest BCUT2D eigenvalue weighted by Crippen LogP contribution is 2.42. The molecule has 2 heterocycles. The number of nitrogens with one attached hydrogen (secondary N) is 1. The average Bonchev–Trinajstić information content (AvgIpc) is 2.54. The van der Waals surface area contributed by atoms with Crippen LogP contribution in [0.15, 0.2) is 46.1 Å². The molecule has 0 saturated heterocycles. The van der Waals surface area contributed by atoms with Gasteiger partial charge in [0, 0.05) is 35.0 Å². The predicted octanol–water partition coefficient (Wildman–Crippen LogP) is 3.09. The number of methoxy groups -OCH3 is 1. The Hall–Kier alpha value is -1.92. The van der Waals surface area contributed by atoms with E-state index in [1.54, 1.807) is 13.3 Å². The molecule has 1 aromatic carbocycles. The molecule has 0 radical (unpaired) electrons. The van der Waals surface area contributed by atoms with Gasteiger partial charge in [-0.05, 0) is 31.3 Å². The third kappa shape index (κ3) is 2.48. The Bertz CT molecular complexity index is 718. The maximum absolute atomic E-state index is 5.51. The Morgan fingerprint density at radius 3 is 2.82 bits per heavy atom. The second kappa shape index (κ2) is 6.06. The molecule has 114 valence electrons. The van der Waals surface area contributed by atoms with E-state index in [4.69, 9.17) is 9.73 Å². The van der Waals surface area contributed by atoms with Gasteiger partial charge < -0.3 is 9.64 Å². The molecule has 1 atom stereocenters. The van der Waals surface area contributed by atoms with E-state index >= 15 is 0 Å². The molecule has 1 unspecified atom stereocenters. The zero-order valence-corrected chi connectivity index (χ0v) is 14.3. The van der Waals surface area contributed by atoms with Gasteiger partial charge in [-0.2, -0.15) is 0 Å². The second-order valence-electron chi connectivity index (χ2n) is 5.03. The first-order valence-corrected chi connectivity index (χ1v) is 7.71. The minimum absolute atomic E-state index is 0.00843. The molecule has 1 aromatic heterocycles. The minimum atomic E-state index is 0.00843. The van der Waals surface area contributed by atoms with Crippen LogP contribution in [0.25, 0.3) is 0 Å². The predicted molar refractivity (Wildman–Crippen MR) is 90.7 cm³/mol. The quantitative estimate of drug-likeness (QED) is 0.913. The molecule has 3 rings (SSSR count). The Kier molecular flexibility index (Phi) is 4.13. The van der Waals surface area contributed by atoms with Crippen LogP contribution < -0.4 is 10.1 Å². The topological polar surface area (TPSA) is 49.8 Å². The molecule has 0 fully saturated rings. The maximum Gasteiger partial charge on any atom is 0.146 e. The van der Waals surface area contributed by atoms with Gasteiger partial charge in [0.1, 0.15) is 23.4 Å². The van der Waals surface area contributed by atoms with Crippen LogP contribution in [-0.2, 0) is 0 Å². The largest absolute Gasteiger partial charge is 0.494 e. The minimum Gasteiger partial charge on any atom is -0.494 e. The van der Waals surface area contributed by atoms with Crippen molar-refractivity contribution in [2.75, 3.05) is 21.2 Å². The highest BCUT2D eigenvalue weighted by atomic mass is 79.9. The lowest BCUT2D eigenvalue weighted by Gasteiger charge is -2.35. The van der Waals surface area contributed by atoms with Gasteiger partial charge in [0.2, 0.25) is 0 Å². The van der Waals surface area contributed by atoms with Gasteiger partial charge in [0.25, 0.3) is 0 Å². The summed E-state index contributed by atoms with van der Waals surface area (Å²) in [5, 5.41) is 3.34. The lowest BCUT2D eigenvalue weighted by atomic mass is 10.0. The summed E-state index contributed by atoms with van der Waals surface area (Å²) >= 11 is 3.53. The number of amidine groups is 1. The Morgan fingerprint density at radius 1 is 1.36 bits per heavy atom. The van der Waals surface area contributed by atoms with Gasteiger partial charge in [-0.25, -0.2) is 4.99 Å². The van der Waals surface area contributed by atoms with Gasteiger partial charge in [0.05, 0.1) is 7.11 Å². The zero-order valence-electron chi connectivity index (χ0n) is 12.7. The molecular formula is C16H17BrN4O. The second-order valence-corrected chi connectivity index (χ2v) is 5.94. The van der Waals surface area contributed by atoms with Crippen molar-refractivity contribution < 1.29 is 4.74 Å². The third-order valence-electron chi connectivity index (χ3n) is 3.72. The summed E-state index contributed by atoms with van der Waals surface area (Å²) in [4.78, 5) is 11.1. The molecule has 1 N–H and O–H groups in total.